The van der Waals surface area contributed by atoms with E-state index in [9.17, 15) is 4.79 Å². The number of para-hydroxylation sites is 1. The van der Waals surface area contributed by atoms with Crippen molar-refractivity contribution < 1.29 is 9.53 Å². The van der Waals surface area contributed by atoms with Gasteiger partial charge in [-0.25, -0.2) is 4.79 Å². The van der Waals surface area contributed by atoms with Gasteiger partial charge in [0.25, 0.3) is 0 Å². The first-order valence-electron chi connectivity index (χ1n) is 5.65. The van der Waals surface area contributed by atoms with Crippen molar-refractivity contribution in [3.8, 4) is 0 Å². The summed E-state index contributed by atoms with van der Waals surface area (Å²) < 4.78 is 5.20. The van der Waals surface area contributed by atoms with Gasteiger partial charge < -0.3 is 10.1 Å². The summed E-state index contributed by atoms with van der Waals surface area (Å²) in [5.41, 5.74) is 0.475. The van der Waals surface area contributed by atoms with Gasteiger partial charge in [-0.15, -0.1) is 0 Å². The molecule has 90 valence electrons. The largest absolute Gasteiger partial charge is 0.447 e. The Kier molecular flexibility index (Phi) is 2.49. The maximum Gasteiger partial charge on any atom is 0.415 e. The molecule has 2 heterocycles. The molecular formula is C12H13ClN2O2. The van der Waals surface area contributed by atoms with E-state index in [0.29, 0.717) is 11.6 Å². The predicted molar refractivity (Wildman–Crippen MR) is 65.5 cm³/mol. The van der Waals surface area contributed by atoms with Gasteiger partial charge in [-0.3, -0.25) is 4.90 Å². The Labute approximate surface area is 104 Å². The van der Waals surface area contributed by atoms with E-state index >= 15 is 0 Å². The number of rotatable bonds is 1. The van der Waals surface area contributed by atoms with Gasteiger partial charge in [-0.05, 0) is 25.1 Å². The van der Waals surface area contributed by atoms with Crippen LogP contribution in [0.4, 0.5) is 10.5 Å². The minimum Gasteiger partial charge on any atom is -0.447 e. The van der Waals surface area contributed by atoms with Gasteiger partial charge in [0.15, 0.2) is 0 Å². The highest BCUT2D eigenvalue weighted by molar-refractivity contribution is 6.33. The smallest absolute Gasteiger partial charge is 0.415 e. The van der Waals surface area contributed by atoms with Gasteiger partial charge in [-0.1, -0.05) is 23.7 Å². The molecule has 1 atom stereocenters. The second kappa shape index (κ2) is 3.89. The van der Waals surface area contributed by atoms with Gasteiger partial charge in [-0.2, -0.15) is 0 Å². The minimum absolute atomic E-state index is 0.262. The summed E-state index contributed by atoms with van der Waals surface area (Å²) >= 11 is 6.16. The summed E-state index contributed by atoms with van der Waals surface area (Å²) in [5.74, 6) is 0. The lowest BCUT2D eigenvalue weighted by molar-refractivity contribution is 0.174. The van der Waals surface area contributed by atoms with E-state index in [1.165, 1.54) is 0 Å². The Morgan fingerprint density at radius 3 is 2.94 bits per heavy atom. The Bertz CT molecular complexity index is 458. The summed E-state index contributed by atoms with van der Waals surface area (Å²) in [5, 5.41) is 3.86. The maximum atomic E-state index is 11.9. The molecule has 1 aromatic carbocycles. The number of ether oxygens (including phenoxy) is 1. The number of hydrogen-bond acceptors (Lipinski definition) is 3. The normalized spacial score (nSPS) is 27.8. The first kappa shape index (κ1) is 10.9. The lowest BCUT2D eigenvalue weighted by atomic mass is 9.98. The zero-order valence-corrected chi connectivity index (χ0v) is 10.0. The quantitative estimate of drug-likeness (QED) is 0.832. The van der Waals surface area contributed by atoms with E-state index in [2.05, 4.69) is 5.32 Å². The van der Waals surface area contributed by atoms with Crippen molar-refractivity contribution in [1.82, 2.24) is 5.32 Å². The van der Waals surface area contributed by atoms with Gasteiger partial charge in [0.2, 0.25) is 0 Å². The number of carbonyl (C=O) groups excluding carboxylic acids is 1. The number of hydrogen-bond donors (Lipinski definition) is 1. The van der Waals surface area contributed by atoms with Crippen LogP contribution in [0.5, 0.6) is 0 Å². The molecule has 1 amide bonds. The van der Waals surface area contributed by atoms with Crippen LogP contribution in [0.15, 0.2) is 24.3 Å². The SMILES string of the molecule is O=C1OCC2(CCNC2)N1c1ccccc1Cl. The van der Waals surface area contributed by atoms with Crippen LogP contribution in [-0.2, 0) is 4.74 Å². The van der Waals surface area contributed by atoms with E-state index in [1.807, 2.05) is 18.2 Å². The highest BCUT2D eigenvalue weighted by Crippen LogP contribution is 2.38. The molecule has 0 radical (unpaired) electrons. The fourth-order valence-electron chi connectivity index (χ4n) is 2.55. The van der Waals surface area contributed by atoms with Crippen LogP contribution in [-0.4, -0.2) is 31.3 Å². The zero-order valence-electron chi connectivity index (χ0n) is 9.28. The molecule has 1 N–H and O–H groups in total. The number of nitrogens with one attached hydrogen (secondary N) is 1. The monoisotopic (exact) mass is 252 g/mol. The predicted octanol–water partition coefficient (Wildman–Crippen LogP) is 2.03. The van der Waals surface area contributed by atoms with Crippen LogP contribution < -0.4 is 10.2 Å². The Balaban J connectivity index is 2.05. The third-order valence-electron chi connectivity index (χ3n) is 3.44. The van der Waals surface area contributed by atoms with Crippen LogP contribution in [0.1, 0.15) is 6.42 Å². The molecule has 0 aliphatic carbocycles. The summed E-state index contributed by atoms with van der Waals surface area (Å²) in [6.07, 6.45) is 0.589. The van der Waals surface area contributed by atoms with Crippen molar-refractivity contribution in [2.45, 2.75) is 12.0 Å². The number of nitrogens with zero attached hydrogens (tertiary/aromatic N) is 1. The fourth-order valence-corrected chi connectivity index (χ4v) is 2.77. The number of cyclic esters (lactones) is 1. The summed E-state index contributed by atoms with van der Waals surface area (Å²) in [7, 11) is 0. The van der Waals surface area contributed by atoms with Gasteiger partial charge in [0, 0.05) is 6.54 Å². The van der Waals surface area contributed by atoms with Crippen molar-refractivity contribution in [1.29, 1.82) is 0 Å². The Morgan fingerprint density at radius 2 is 2.24 bits per heavy atom. The van der Waals surface area contributed by atoms with Gasteiger partial charge in [0.05, 0.1) is 16.2 Å². The third kappa shape index (κ3) is 1.59. The molecule has 0 saturated carbocycles. The van der Waals surface area contributed by atoms with E-state index in [-0.39, 0.29) is 11.6 Å². The molecule has 3 rings (SSSR count). The number of amides is 1. The molecule has 5 heteroatoms. The van der Waals surface area contributed by atoms with Gasteiger partial charge in [0.1, 0.15) is 6.61 Å². The molecule has 0 bridgehead atoms. The van der Waals surface area contributed by atoms with E-state index in [0.717, 1.165) is 25.2 Å². The topological polar surface area (TPSA) is 41.6 Å². The van der Waals surface area contributed by atoms with Crippen LogP contribution in [0.25, 0.3) is 0 Å². The van der Waals surface area contributed by atoms with E-state index in [4.69, 9.17) is 16.3 Å². The van der Waals surface area contributed by atoms with Crippen molar-refractivity contribution in [2.24, 2.45) is 0 Å². The fraction of sp³-hybridized carbons (Fsp3) is 0.417. The lowest BCUT2D eigenvalue weighted by Crippen LogP contribution is -2.49. The average Bonchev–Trinajstić information content (AvgIpc) is 2.90. The first-order chi connectivity index (χ1) is 8.23. The van der Waals surface area contributed by atoms with Crippen molar-refractivity contribution in [3.63, 3.8) is 0 Å². The standard InChI is InChI=1S/C12H13ClN2O2/c13-9-3-1-2-4-10(9)15-11(16)17-8-12(15)5-6-14-7-12/h1-4,14H,5-8H2. The summed E-state index contributed by atoms with van der Waals surface area (Å²) in [6, 6.07) is 7.38. The number of halogens is 1. The van der Waals surface area contributed by atoms with Gasteiger partial charge >= 0.3 is 6.09 Å². The molecule has 17 heavy (non-hydrogen) atoms. The highest BCUT2D eigenvalue weighted by atomic mass is 35.5. The molecule has 4 nitrogen and oxygen atoms in total. The maximum absolute atomic E-state index is 11.9. The lowest BCUT2D eigenvalue weighted by Gasteiger charge is -2.31. The van der Waals surface area contributed by atoms with Crippen LogP contribution in [0, 0.1) is 0 Å². The Morgan fingerprint density at radius 1 is 1.41 bits per heavy atom. The van der Waals surface area contributed by atoms with Crippen molar-refractivity contribution >= 4 is 23.4 Å². The highest BCUT2D eigenvalue weighted by Gasteiger charge is 2.50. The molecule has 2 saturated heterocycles. The number of anilines is 1. The van der Waals surface area contributed by atoms with Crippen molar-refractivity contribution in [3.05, 3.63) is 29.3 Å². The minimum atomic E-state index is -0.304. The molecule has 2 fully saturated rings. The molecular weight excluding hydrogens is 240 g/mol. The summed E-state index contributed by atoms with van der Waals surface area (Å²) in [4.78, 5) is 13.6. The molecule has 1 aromatic rings. The summed E-state index contributed by atoms with van der Waals surface area (Å²) in [6.45, 7) is 2.09. The Hall–Kier alpha value is -1.26. The number of carbonyl (C=O) groups is 1. The molecule has 1 unspecified atom stereocenters. The second-order valence-corrected chi connectivity index (χ2v) is 4.90. The first-order valence-corrected chi connectivity index (χ1v) is 6.03. The average molecular weight is 253 g/mol. The second-order valence-electron chi connectivity index (χ2n) is 4.49. The van der Waals surface area contributed by atoms with E-state index < -0.39 is 0 Å². The molecule has 1 spiro atoms. The molecule has 0 aromatic heterocycles. The zero-order chi connectivity index (χ0) is 11.9. The molecule has 2 aliphatic heterocycles. The van der Waals surface area contributed by atoms with Crippen LogP contribution >= 0.6 is 11.6 Å². The van der Waals surface area contributed by atoms with E-state index in [1.54, 1.807) is 11.0 Å². The molecule has 2 aliphatic rings. The van der Waals surface area contributed by atoms with Crippen molar-refractivity contribution in [2.75, 3.05) is 24.6 Å². The van der Waals surface area contributed by atoms with Crippen LogP contribution in [0.2, 0.25) is 5.02 Å². The third-order valence-corrected chi connectivity index (χ3v) is 3.76. The number of benzene rings is 1. The van der Waals surface area contributed by atoms with Crippen LogP contribution in [0.3, 0.4) is 0 Å².